The van der Waals surface area contributed by atoms with Crippen LogP contribution in [0, 0.1) is 0 Å². The van der Waals surface area contributed by atoms with E-state index in [9.17, 15) is 9.59 Å². The third-order valence-electron chi connectivity index (χ3n) is 2.93. The van der Waals surface area contributed by atoms with E-state index in [4.69, 9.17) is 16.7 Å². The molecule has 0 saturated heterocycles. The zero-order valence-corrected chi connectivity index (χ0v) is 9.78. The molecule has 1 aromatic carbocycles. The number of carbonyl (C=O) groups is 2. The van der Waals surface area contributed by atoms with Crippen molar-refractivity contribution in [3.8, 4) is 0 Å². The summed E-state index contributed by atoms with van der Waals surface area (Å²) in [6, 6.07) is 7.12. The first-order valence-corrected chi connectivity index (χ1v) is 5.66. The van der Waals surface area contributed by atoms with Crippen molar-refractivity contribution in [2.24, 2.45) is 0 Å². The van der Waals surface area contributed by atoms with E-state index in [1.165, 1.54) is 0 Å². The Morgan fingerprint density at radius 3 is 2.12 bits per heavy atom. The minimum absolute atomic E-state index is 0.0878. The van der Waals surface area contributed by atoms with Crippen LogP contribution in [0.5, 0.6) is 0 Å². The standard InChI is InChI=1S/C13H11ClO3/c14-10-3-1-8(2-4-10)9-5-12(16)11(7-15)13(17)6-9/h1-4,7,9,15H,5-6H2. The average Bonchev–Trinajstić information content (AvgIpc) is 2.29. The lowest BCUT2D eigenvalue weighted by Gasteiger charge is -2.21. The summed E-state index contributed by atoms with van der Waals surface area (Å²) < 4.78 is 0. The molecule has 0 atom stereocenters. The van der Waals surface area contributed by atoms with Crippen molar-refractivity contribution >= 4 is 23.2 Å². The smallest absolute Gasteiger partial charge is 0.170 e. The Balaban J connectivity index is 2.23. The summed E-state index contributed by atoms with van der Waals surface area (Å²) in [5.74, 6) is -0.719. The first kappa shape index (κ1) is 11.9. The molecule has 88 valence electrons. The van der Waals surface area contributed by atoms with E-state index < -0.39 is 0 Å². The normalized spacial score (nSPS) is 20.5. The molecule has 2 rings (SSSR count). The number of benzene rings is 1. The summed E-state index contributed by atoms with van der Waals surface area (Å²) in [5.41, 5.74) is 0.836. The van der Waals surface area contributed by atoms with Gasteiger partial charge in [-0.1, -0.05) is 23.7 Å². The molecule has 1 N–H and O–H groups in total. The zero-order valence-electron chi connectivity index (χ0n) is 9.02. The molecule has 1 aliphatic carbocycles. The van der Waals surface area contributed by atoms with Gasteiger partial charge in [-0.25, -0.2) is 0 Å². The zero-order chi connectivity index (χ0) is 12.4. The molecule has 1 aliphatic rings. The second-order valence-electron chi connectivity index (χ2n) is 4.05. The van der Waals surface area contributed by atoms with E-state index in [1.54, 1.807) is 12.1 Å². The summed E-state index contributed by atoms with van der Waals surface area (Å²) in [6.07, 6.45) is 1.11. The number of halogens is 1. The van der Waals surface area contributed by atoms with Gasteiger partial charge in [-0.05, 0) is 23.6 Å². The summed E-state index contributed by atoms with van der Waals surface area (Å²) in [6.45, 7) is 0. The predicted octanol–water partition coefficient (Wildman–Crippen LogP) is 2.80. The van der Waals surface area contributed by atoms with Crippen molar-refractivity contribution in [2.45, 2.75) is 18.8 Å². The molecule has 0 spiro atoms. The van der Waals surface area contributed by atoms with Crippen LogP contribution in [0.2, 0.25) is 5.02 Å². The van der Waals surface area contributed by atoms with E-state index in [-0.39, 0.29) is 35.9 Å². The lowest BCUT2D eigenvalue weighted by atomic mass is 9.80. The molecule has 0 bridgehead atoms. The predicted molar refractivity (Wildman–Crippen MR) is 64.2 cm³/mol. The second-order valence-corrected chi connectivity index (χ2v) is 4.48. The Hall–Kier alpha value is -1.61. The fraction of sp³-hybridized carbons (Fsp3) is 0.231. The molecule has 3 nitrogen and oxygen atoms in total. The number of aliphatic hydroxyl groups excluding tert-OH is 1. The van der Waals surface area contributed by atoms with Gasteiger partial charge < -0.3 is 5.11 Å². The van der Waals surface area contributed by atoms with E-state index in [2.05, 4.69) is 0 Å². The molecule has 1 aromatic rings. The number of carbonyl (C=O) groups excluding carboxylic acids is 2. The van der Waals surface area contributed by atoms with Gasteiger partial charge in [0, 0.05) is 17.9 Å². The van der Waals surface area contributed by atoms with Gasteiger partial charge in [-0.2, -0.15) is 0 Å². The quantitative estimate of drug-likeness (QED) is 0.474. The van der Waals surface area contributed by atoms with Crippen molar-refractivity contribution in [2.75, 3.05) is 0 Å². The van der Waals surface area contributed by atoms with Crippen molar-refractivity contribution in [1.29, 1.82) is 0 Å². The maximum atomic E-state index is 11.6. The lowest BCUT2D eigenvalue weighted by Crippen LogP contribution is -2.24. The molecule has 0 radical (unpaired) electrons. The SMILES string of the molecule is O=C1CC(c2ccc(Cl)cc2)CC(=O)C1=CO. The van der Waals surface area contributed by atoms with Crippen LogP contribution in [0.25, 0.3) is 0 Å². The monoisotopic (exact) mass is 250 g/mol. The van der Waals surface area contributed by atoms with Gasteiger partial charge in [-0.3, -0.25) is 9.59 Å². The minimum atomic E-state index is -0.302. The fourth-order valence-corrected chi connectivity index (χ4v) is 2.14. The van der Waals surface area contributed by atoms with E-state index in [1.807, 2.05) is 12.1 Å². The van der Waals surface area contributed by atoms with Crippen LogP contribution < -0.4 is 0 Å². The van der Waals surface area contributed by atoms with Gasteiger partial charge in [0.1, 0.15) is 0 Å². The molecule has 0 amide bonds. The van der Waals surface area contributed by atoms with Crippen LogP contribution in [0.15, 0.2) is 36.1 Å². The Morgan fingerprint density at radius 2 is 1.65 bits per heavy atom. The Labute approximate surface area is 104 Å². The number of Topliss-reactive ketones (excluding diaryl/α,β-unsaturated/α-hetero) is 2. The molecule has 0 heterocycles. The molecule has 0 aliphatic heterocycles. The van der Waals surface area contributed by atoms with Crippen molar-refractivity contribution < 1.29 is 14.7 Å². The number of allylic oxidation sites excluding steroid dienone is 1. The van der Waals surface area contributed by atoms with Crippen LogP contribution in [-0.2, 0) is 9.59 Å². The summed E-state index contributed by atoms with van der Waals surface area (Å²) >= 11 is 5.78. The van der Waals surface area contributed by atoms with Crippen molar-refractivity contribution in [3.63, 3.8) is 0 Å². The Morgan fingerprint density at radius 1 is 1.12 bits per heavy atom. The third kappa shape index (κ3) is 2.39. The Kier molecular flexibility index (Phi) is 3.29. The maximum Gasteiger partial charge on any atom is 0.170 e. The highest BCUT2D eigenvalue weighted by atomic mass is 35.5. The van der Waals surface area contributed by atoms with E-state index >= 15 is 0 Å². The Bertz CT molecular complexity index is 468. The number of hydrogen-bond donors (Lipinski definition) is 1. The van der Waals surface area contributed by atoms with E-state index in [0.717, 1.165) is 5.56 Å². The highest BCUT2D eigenvalue weighted by Crippen LogP contribution is 2.31. The second kappa shape index (κ2) is 4.72. The van der Waals surface area contributed by atoms with Crippen molar-refractivity contribution in [1.82, 2.24) is 0 Å². The molecule has 0 aromatic heterocycles. The topological polar surface area (TPSA) is 54.4 Å². The molecule has 0 unspecified atom stereocenters. The molecular formula is C13H11ClO3. The van der Waals surface area contributed by atoms with Gasteiger partial charge in [0.05, 0.1) is 11.8 Å². The summed E-state index contributed by atoms with van der Waals surface area (Å²) in [4.78, 5) is 23.2. The molecular weight excluding hydrogens is 240 g/mol. The van der Waals surface area contributed by atoms with Crippen molar-refractivity contribution in [3.05, 3.63) is 46.7 Å². The average molecular weight is 251 g/mol. The molecule has 1 fully saturated rings. The number of rotatable bonds is 1. The van der Waals surface area contributed by atoms with E-state index in [0.29, 0.717) is 11.3 Å². The molecule has 17 heavy (non-hydrogen) atoms. The molecule has 4 heteroatoms. The summed E-state index contributed by atoms with van der Waals surface area (Å²) in [5, 5.41) is 9.43. The van der Waals surface area contributed by atoms with Crippen LogP contribution in [-0.4, -0.2) is 16.7 Å². The highest BCUT2D eigenvalue weighted by molar-refractivity contribution is 6.30. The van der Waals surface area contributed by atoms with Gasteiger partial charge in [0.2, 0.25) is 0 Å². The third-order valence-corrected chi connectivity index (χ3v) is 3.19. The molecule has 1 saturated carbocycles. The largest absolute Gasteiger partial charge is 0.515 e. The minimum Gasteiger partial charge on any atom is -0.515 e. The van der Waals surface area contributed by atoms with Gasteiger partial charge in [0.15, 0.2) is 11.6 Å². The maximum absolute atomic E-state index is 11.6. The van der Waals surface area contributed by atoms with Crippen LogP contribution in [0.1, 0.15) is 24.3 Å². The van der Waals surface area contributed by atoms with Crippen LogP contribution in [0.3, 0.4) is 0 Å². The fourth-order valence-electron chi connectivity index (χ4n) is 2.01. The first-order valence-electron chi connectivity index (χ1n) is 5.28. The number of hydrogen-bond acceptors (Lipinski definition) is 3. The van der Waals surface area contributed by atoms with Gasteiger partial charge in [-0.15, -0.1) is 0 Å². The van der Waals surface area contributed by atoms with Crippen LogP contribution in [0.4, 0.5) is 0 Å². The summed E-state index contributed by atoms with van der Waals surface area (Å²) in [7, 11) is 0. The first-order chi connectivity index (χ1) is 8.11. The van der Waals surface area contributed by atoms with Gasteiger partial charge in [0.25, 0.3) is 0 Å². The number of aliphatic hydroxyl groups is 1. The van der Waals surface area contributed by atoms with Crippen LogP contribution >= 0.6 is 11.6 Å². The highest BCUT2D eigenvalue weighted by Gasteiger charge is 2.31. The van der Waals surface area contributed by atoms with Gasteiger partial charge >= 0.3 is 0 Å². The number of ketones is 2. The lowest BCUT2D eigenvalue weighted by molar-refractivity contribution is -0.124.